The van der Waals surface area contributed by atoms with E-state index in [1.807, 2.05) is 6.07 Å². The summed E-state index contributed by atoms with van der Waals surface area (Å²) >= 11 is 0. The third-order valence-corrected chi connectivity index (χ3v) is 9.66. The fourth-order valence-electron chi connectivity index (χ4n) is 7.86. The van der Waals surface area contributed by atoms with E-state index in [9.17, 15) is 0 Å². The van der Waals surface area contributed by atoms with Crippen molar-refractivity contribution in [2.45, 2.75) is 26.2 Å². The fourth-order valence-corrected chi connectivity index (χ4v) is 7.86. The first-order chi connectivity index (χ1) is 21.0. The molecule has 0 spiro atoms. The third-order valence-electron chi connectivity index (χ3n) is 9.66. The number of hydrogen-bond acceptors (Lipinski definition) is 1. The summed E-state index contributed by atoms with van der Waals surface area (Å²) in [7, 11) is 0. The van der Waals surface area contributed by atoms with Crippen LogP contribution < -0.4 is 0 Å². The second-order valence-electron chi connectivity index (χ2n) is 12.4. The largest absolute Gasteiger partial charge is 0.297 e. The highest BCUT2D eigenvalue weighted by Gasteiger charge is 2.39. The summed E-state index contributed by atoms with van der Waals surface area (Å²) in [6.45, 7) is 6.89. The van der Waals surface area contributed by atoms with Gasteiger partial charge in [0, 0.05) is 11.1 Å². The van der Waals surface area contributed by atoms with Crippen LogP contribution in [0.5, 0.6) is 0 Å². The molecule has 0 aliphatic heterocycles. The van der Waals surface area contributed by atoms with Crippen molar-refractivity contribution in [2.75, 3.05) is 0 Å². The van der Waals surface area contributed by atoms with Gasteiger partial charge in [0.05, 0.1) is 11.0 Å². The SMILES string of the molecule is Cc1nc2ccccc2n1-c1ccc(-c2ccc3c4c(ccc3c2)-c2c(c3ccccc3c3ccccc23)C4(C)C)cc1. The molecule has 0 bridgehead atoms. The molecule has 7 aromatic carbocycles. The standard InChI is InChI=1S/C41H30N2/c1-25-42-36-14-8-9-15-37(36)43(25)29-20-16-26(17-21-29)27-18-22-30-28(24-27)19-23-35-38-33-12-6-4-10-31(33)32-11-5-7-13-34(32)40(38)41(2,3)39(30)35/h4-24H,1-3H3. The maximum Gasteiger partial charge on any atom is 0.111 e. The lowest BCUT2D eigenvalue weighted by Crippen LogP contribution is -2.16. The normalized spacial score (nSPS) is 13.7. The van der Waals surface area contributed by atoms with Crippen molar-refractivity contribution >= 4 is 43.4 Å². The molecule has 0 unspecified atom stereocenters. The van der Waals surface area contributed by atoms with Crippen LogP contribution in [0.25, 0.3) is 71.3 Å². The van der Waals surface area contributed by atoms with Crippen molar-refractivity contribution in [3.63, 3.8) is 0 Å². The van der Waals surface area contributed by atoms with E-state index in [2.05, 4.69) is 147 Å². The number of aromatic nitrogens is 2. The van der Waals surface area contributed by atoms with E-state index >= 15 is 0 Å². The van der Waals surface area contributed by atoms with Gasteiger partial charge in [-0.1, -0.05) is 111 Å². The second kappa shape index (κ2) is 8.65. The van der Waals surface area contributed by atoms with Gasteiger partial charge in [0.25, 0.3) is 0 Å². The summed E-state index contributed by atoms with van der Waals surface area (Å²) in [4.78, 5) is 4.76. The lowest BCUT2D eigenvalue weighted by atomic mass is 9.77. The molecule has 0 radical (unpaired) electrons. The Morgan fingerprint density at radius 3 is 2.00 bits per heavy atom. The Morgan fingerprint density at radius 1 is 0.558 bits per heavy atom. The fraction of sp³-hybridized carbons (Fsp3) is 0.0976. The van der Waals surface area contributed by atoms with Crippen LogP contribution in [-0.4, -0.2) is 9.55 Å². The number of fused-ring (bicyclic) bond motifs is 11. The van der Waals surface area contributed by atoms with Gasteiger partial charge in [0.2, 0.25) is 0 Å². The van der Waals surface area contributed by atoms with E-state index in [1.165, 1.54) is 65.7 Å². The molecule has 2 heteroatoms. The average molecular weight is 551 g/mol. The van der Waals surface area contributed by atoms with Crippen LogP contribution in [0.15, 0.2) is 127 Å². The summed E-state index contributed by atoms with van der Waals surface area (Å²) in [5.41, 5.74) is 11.3. The van der Waals surface area contributed by atoms with E-state index in [-0.39, 0.29) is 5.41 Å². The van der Waals surface area contributed by atoms with Crippen LogP contribution in [0.2, 0.25) is 0 Å². The van der Waals surface area contributed by atoms with E-state index in [0.29, 0.717) is 0 Å². The topological polar surface area (TPSA) is 17.8 Å². The van der Waals surface area contributed by atoms with Crippen molar-refractivity contribution in [3.8, 4) is 27.9 Å². The Balaban J connectivity index is 1.19. The van der Waals surface area contributed by atoms with Crippen LogP contribution in [0.4, 0.5) is 0 Å². The van der Waals surface area contributed by atoms with Gasteiger partial charge in [-0.05, 0) is 103 Å². The first-order valence-electron chi connectivity index (χ1n) is 15.1. The molecule has 1 aliphatic rings. The first kappa shape index (κ1) is 24.4. The zero-order valence-corrected chi connectivity index (χ0v) is 24.5. The van der Waals surface area contributed by atoms with Crippen LogP contribution in [0.1, 0.15) is 30.8 Å². The molecule has 8 aromatic rings. The van der Waals surface area contributed by atoms with Gasteiger partial charge >= 0.3 is 0 Å². The Hall–Kier alpha value is -5.21. The van der Waals surface area contributed by atoms with Gasteiger partial charge in [-0.25, -0.2) is 4.98 Å². The molecule has 1 aliphatic carbocycles. The number of rotatable bonds is 2. The molecule has 9 rings (SSSR count). The molecule has 0 amide bonds. The monoisotopic (exact) mass is 550 g/mol. The van der Waals surface area contributed by atoms with Crippen LogP contribution in [-0.2, 0) is 5.41 Å². The minimum absolute atomic E-state index is 0.123. The predicted octanol–water partition coefficient (Wildman–Crippen LogP) is 10.8. The molecule has 0 N–H and O–H groups in total. The number of benzene rings is 7. The van der Waals surface area contributed by atoms with Gasteiger partial charge < -0.3 is 0 Å². The van der Waals surface area contributed by atoms with Crippen molar-refractivity contribution in [2.24, 2.45) is 0 Å². The molecule has 0 saturated heterocycles. The number of nitrogens with zero attached hydrogens (tertiary/aromatic N) is 2. The van der Waals surface area contributed by atoms with Gasteiger partial charge in [-0.15, -0.1) is 0 Å². The maximum absolute atomic E-state index is 4.76. The lowest BCUT2D eigenvalue weighted by molar-refractivity contribution is 0.672. The Kier molecular flexibility index (Phi) is 4.91. The van der Waals surface area contributed by atoms with Crippen molar-refractivity contribution in [3.05, 3.63) is 144 Å². The minimum atomic E-state index is -0.123. The predicted molar refractivity (Wildman–Crippen MR) is 181 cm³/mol. The van der Waals surface area contributed by atoms with E-state index in [0.717, 1.165) is 22.5 Å². The molecular weight excluding hydrogens is 520 g/mol. The summed E-state index contributed by atoms with van der Waals surface area (Å²) in [5.74, 6) is 0.998. The smallest absolute Gasteiger partial charge is 0.111 e. The molecule has 204 valence electrons. The summed E-state index contributed by atoms with van der Waals surface area (Å²) in [5, 5.41) is 8.01. The Bertz CT molecular complexity index is 2420. The van der Waals surface area contributed by atoms with Gasteiger partial charge in [0.15, 0.2) is 0 Å². The van der Waals surface area contributed by atoms with Crippen molar-refractivity contribution in [1.82, 2.24) is 9.55 Å². The number of aryl methyl sites for hydroxylation is 1. The number of hydrogen-bond donors (Lipinski definition) is 0. The van der Waals surface area contributed by atoms with Gasteiger partial charge in [0.1, 0.15) is 5.82 Å². The number of imidazole rings is 1. The molecular formula is C41H30N2. The van der Waals surface area contributed by atoms with E-state index < -0.39 is 0 Å². The van der Waals surface area contributed by atoms with E-state index in [1.54, 1.807) is 0 Å². The Labute approximate surface area is 250 Å². The van der Waals surface area contributed by atoms with Crippen molar-refractivity contribution < 1.29 is 0 Å². The molecule has 1 aromatic heterocycles. The summed E-state index contributed by atoms with van der Waals surface area (Å²) in [6, 6.07) is 46.8. The van der Waals surface area contributed by atoms with Crippen LogP contribution in [0.3, 0.4) is 0 Å². The Morgan fingerprint density at radius 2 is 1.21 bits per heavy atom. The minimum Gasteiger partial charge on any atom is -0.297 e. The van der Waals surface area contributed by atoms with Gasteiger partial charge in [-0.2, -0.15) is 0 Å². The summed E-state index contributed by atoms with van der Waals surface area (Å²) < 4.78 is 2.23. The third kappa shape index (κ3) is 3.32. The zero-order chi connectivity index (χ0) is 28.9. The zero-order valence-electron chi connectivity index (χ0n) is 24.5. The molecule has 1 heterocycles. The summed E-state index contributed by atoms with van der Waals surface area (Å²) in [6.07, 6.45) is 0. The number of para-hydroxylation sites is 2. The highest BCUT2D eigenvalue weighted by atomic mass is 15.1. The van der Waals surface area contributed by atoms with E-state index in [4.69, 9.17) is 4.98 Å². The first-order valence-corrected chi connectivity index (χ1v) is 15.1. The van der Waals surface area contributed by atoms with Crippen molar-refractivity contribution in [1.29, 1.82) is 0 Å². The molecule has 2 nitrogen and oxygen atoms in total. The maximum atomic E-state index is 4.76. The molecule has 0 fully saturated rings. The van der Waals surface area contributed by atoms with Gasteiger partial charge in [-0.3, -0.25) is 4.57 Å². The average Bonchev–Trinajstić information content (AvgIpc) is 3.51. The second-order valence-corrected chi connectivity index (χ2v) is 12.4. The van der Waals surface area contributed by atoms with Crippen LogP contribution in [0, 0.1) is 6.92 Å². The molecule has 0 saturated carbocycles. The van der Waals surface area contributed by atoms with Crippen LogP contribution >= 0.6 is 0 Å². The lowest BCUT2D eigenvalue weighted by Gasteiger charge is -2.25. The highest BCUT2D eigenvalue weighted by Crippen LogP contribution is 2.56. The molecule has 43 heavy (non-hydrogen) atoms. The quantitative estimate of drug-likeness (QED) is 0.196. The molecule has 0 atom stereocenters. The highest BCUT2D eigenvalue weighted by molar-refractivity contribution is 6.19.